The third-order valence-corrected chi connectivity index (χ3v) is 5.65. The molecule has 2 N–H and O–H groups in total. The first-order valence-corrected chi connectivity index (χ1v) is 9.33. The molecule has 0 bridgehead atoms. The van der Waals surface area contributed by atoms with Gasteiger partial charge in [0.15, 0.2) is 0 Å². The topological polar surface area (TPSA) is 90.4 Å². The summed E-state index contributed by atoms with van der Waals surface area (Å²) in [5.41, 5.74) is 8.22. The lowest BCUT2D eigenvalue weighted by Crippen LogP contribution is -2.20. The molecule has 0 aliphatic carbocycles. The zero-order valence-electron chi connectivity index (χ0n) is 15.3. The molecule has 140 valence electrons. The lowest BCUT2D eigenvalue weighted by Gasteiger charge is -2.22. The molecule has 0 unspecified atom stereocenters. The van der Waals surface area contributed by atoms with Crippen molar-refractivity contribution in [3.8, 4) is 34.0 Å². The Morgan fingerprint density at radius 2 is 1.79 bits per heavy atom. The molecule has 3 aromatic rings. The molecule has 7 heteroatoms. The normalized spacial score (nSPS) is 15.4. The van der Waals surface area contributed by atoms with Crippen LogP contribution in [0.25, 0.3) is 10.6 Å². The molecule has 0 amide bonds. The Bertz CT molecular complexity index is 1080. The zero-order valence-corrected chi connectivity index (χ0v) is 16.1. The van der Waals surface area contributed by atoms with Gasteiger partial charge in [-0.3, -0.25) is 0 Å². The average Bonchev–Trinajstić information content (AvgIpc) is 3.16. The molecule has 6 nitrogen and oxygen atoms in total. The molecule has 0 saturated carbocycles. The molecular formula is C21H17N3O3S. The van der Waals surface area contributed by atoms with E-state index in [-0.39, 0.29) is 11.8 Å². The van der Waals surface area contributed by atoms with E-state index >= 15 is 0 Å². The number of benzene rings is 2. The van der Waals surface area contributed by atoms with E-state index < -0.39 is 0 Å². The SMILES string of the molecule is COc1cc(OC)cc(-c2nc3c(s2)[C@H](c2ccccc2)C(C#N)=C(N)O3)c1. The van der Waals surface area contributed by atoms with Gasteiger partial charge >= 0.3 is 0 Å². The predicted molar refractivity (Wildman–Crippen MR) is 106 cm³/mol. The van der Waals surface area contributed by atoms with Crippen molar-refractivity contribution in [2.75, 3.05) is 14.2 Å². The van der Waals surface area contributed by atoms with Crippen LogP contribution >= 0.6 is 11.3 Å². The number of nitriles is 1. The Kier molecular flexibility index (Phi) is 4.63. The zero-order chi connectivity index (χ0) is 19.7. The van der Waals surface area contributed by atoms with Gasteiger partial charge in [0.2, 0.25) is 11.8 Å². The quantitative estimate of drug-likeness (QED) is 0.722. The molecule has 1 atom stereocenters. The van der Waals surface area contributed by atoms with Crippen LogP contribution < -0.4 is 19.9 Å². The Morgan fingerprint density at radius 3 is 2.39 bits per heavy atom. The largest absolute Gasteiger partial charge is 0.497 e. The lowest BCUT2D eigenvalue weighted by atomic mass is 9.89. The number of allylic oxidation sites excluding steroid dienone is 1. The molecule has 2 aromatic carbocycles. The van der Waals surface area contributed by atoms with Crippen LogP contribution in [0.15, 0.2) is 60.0 Å². The molecule has 0 radical (unpaired) electrons. The monoisotopic (exact) mass is 391 g/mol. The Hall–Kier alpha value is -3.50. The maximum atomic E-state index is 9.66. The minimum absolute atomic E-state index is 0.0870. The summed E-state index contributed by atoms with van der Waals surface area (Å²) in [6.07, 6.45) is 0. The van der Waals surface area contributed by atoms with E-state index in [1.165, 1.54) is 11.3 Å². The average molecular weight is 391 g/mol. The first-order valence-electron chi connectivity index (χ1n) is 8.51. The van der Waals surface area contributed by atoms with Crippen LogP contribution in [0.3, 0.4) is 0 Å². The Labute approximate surface area is 166 Å². The summed E-state index contributed by atoms with van der Waals surface area (Å²) < 4.78 is 16.4. The standard InChI is InChI=1S/C21H17N3O3S/c1-25-14-8-13(9-15(10-14)26-2)21-24-20-18(28-21)17(12-6-4-3-5-7-12)16(11-22)19(23)27-20/h3-10,17H,23H2,1-2H3/t17-/m1/s1. The van der Waals surface area contributed by atoms with Crippen LogP contribution in [0.5, 0.6) is 17.4 Å². The van der Waals surface area contributed by atoms with Gasteiger partial charge in [0, 0.05) is 11.6 Å². The van der Waals surface area contributed by atoms with Gasteiger partial charge in [0.1, 0.15) is 28.1 Å². The highest BCUT2D eigenvalue weighted by atomic mass is 32.1. The van der Waals surface area contributed by atoms with Gasteiger partial charge in [-0.25, -0.2) is 4.98 Å². The van der Waals surface area contributed by atoms with Crippen molar-refractivity contribution in [3.05, 3.63) is 70.4 Å². The fourth-order valence-electron chi connectivity index (χ4n) is 3.14. The summed E-state index contributed by atoms with van der Waals surface area (Å²) in [4.78, 5) is 5.47. The lowest BCUT2D eigenvalue weighted by molar-refractivity contribution is 0.382. The predicted octanol–water partition coefficient (Wildman–Crippen LogP) is 4.05. The Morgan fingerprint density at radius 1 is 1.11 bits per heavy atom. The highest BCUT2D eigenvalue weighted by molar-refractivity contribution is 7.15. The summed E-state index contributed by atoms with van der Waals surface area (Å²) in [6.45, 7) is 0. The molecular weight excluding hydrogens is 374 g/mol. The highest BCUT2D eigenvalue weighted by Gasteiger charge is 2.34. The van der Waals surface area contributed by atoms with Crippen LogP contribution in [0, 0.1) is 11.3 Å². The molecule has 0 spiro atoms. The number of nitrogens with two attached hydrogens (primary N) is 1. The number of methoxy groups -OCH3 is 2. The Balaban J connectivity index is 1.86. The first kappa shape index (κ1) is 17.9. The van der Waals surface area contributed by atoms with Crippen LogP contribution in [0.4, 0.5) is 0 Å². The molecule has 28 heavy (non-hydrogen) atoms. The minimum Gasteiger partial charge on any atom is -0.497 e. The van der Waals surface area contributed by atoms with Gasteiger partial charge in [0.25, 0.3) is 0 Å². The van der Waals surface area contributed by atoms with Gasteiger partial charge < -0.3 is 19.9 Å². The molecule has 0 fully saturated rings. The van der Waals surface area contributed by atoms with E-state index in [1.807, 2.05) is 42.5 Å². The third-order valence-electron chi connectivity index (χ3n) is 4.50. The fourth-order valence-corrected chi connectivity index (χ4v) is 4.26. The number of ether oxygens (including phenoxy) is 3. The van der Waals surface area contributed by atoms with E-state index in [0.29, 0.717) is 23.0 Å². The molecule has 1 aromatic heterocycles. The van der Waals surface area contributed by atoms with Crippen molar-refractivity contribution in [2.24, 2.45) is 5.73 Å². The van der Waals surface area contributed by atoms with E-state index in [4.69, 9.17) is 19.9 Å². The number of aromatic nitrogens is 1. The van der Waals surface area contributed by atoms with E-state index in [0.717, 1.165) is 21.0 Å². The second kappa shape index (κ2) is 7.25. The van der Waals surface area contributed by atoms with Crippen LogP contribution in [-0.2, 0) is 0 Å². The van der Waals surface area contributed by atoms with Crippen LogP contribution in [-0.4, -0.2) is 19.2 Å². The molecule has 1 aliphatic rings. The smallest absolute Gasteiger partial charge is 0.236 e. The second-order valence-electron chi connectivity index (χ2n) is 6.13. The fraction of sp³-hybridized carbons (Fsp3) is 0.143. The van der Waals surface area contributed by atoms with Crippen molar-refractivity contribution >= 4 is 11.3 Å². The summed E-state index contributed by atoms with van der Waals surface area (Å²) in [5.74, 6) is 1.53. The summed E-state index contributed by atoms with van der Waals surface area (Å²) in [6, 6.07) is 17.5. The van der Waals surface area contributed by atoms with Gasteiger partial charge in [-0.2, -0.15) is 5.26 Å². The van der Waals surface area contributed by atoms with Crippen LogP contribution in [0.1, 0.15) is 16.4 Å². The molecule has 0 saturated heterocycles. The maximum Gasteiger partial charge on any atom is 0.236 e. The van der Waals surface area contributed by atoms with Crippen LogP contribution in [0.2, 0.25) is 0 Å². The van der Waals surface area contributed by atoms with Gasteiger partial charge in [-0.05, 0) is 17.7 Å². The summed E-state index contributed by atoms with van der Waals surface area (Å²) in [5, 5.41) is 10.4. The number of thiazole rings is 1. The third kappa shape index (κ3) is 3.04. The number of hydrogen-bond donors (Lipinski definition) is 1. The maximum absolute atomic E-state index is 9.66. The van der Waals surface area contributed by atoms with Gasteiger partial charge in [0.05, 0.1) is 25.0 Å². The molecule has 1 aliphatic heterocycles. The second-order valence-corrected chi connectivity index (χ2v) is 7.16. The molecule has 2 heterocycles. The van der Waals surface area contributed by atoms with Crippen molar-refractivity contribution in [3.63, 3.8) is 0 Å². The van der Waals surface area contributed by atoms with Crippen molar-refractivity contribution in [1.29, 1.82) is 5.26 Å². The minimum atomic E-state index is -0.311. The number of fused-ring (bicyclic) bond motifs is 1. The van der Waals surface area contributed by atoms with E-state index in [1.54, 1.807) is 20.3 Å². The van der Waals surface area contributed by atoms with Crippen molar-refractivity contribution in [2.45, 2.75) is 5.92 Å². The van der Waals surface area contributed by atoms with Gasteiger partial charge in [-0.1, -0.05) is 30.3 Å². The van der Waals surface area contributed by atoms with E-state index in [2.05, 4.69) is 11.1 Å². The summed E-state index contributed by atoms with van der Waals surface area (Å²) >= 11 is 1.46. The number of rotatable bonds is 4. The molecule has 4 rings (SSSR count). The van der Waals surface area contributed by atoms with Gasteiger partial charge in [-0.15, -0.1) is 11.3 Å². The summed E-state index contributed by atoms with van der Waals surface area (Å²) in [7, 11) is 3.20. The highest BCUT2D eigenvalue weighted by Crippen LogP contribution is 2.47. The number of nitrogens with zero attached hydrogens (tertiary/aromatic N) is 2. The first-order chi connectivity index (χ1) is 13.6. The number of hydrogen-bond acceptors (Lipinski definition) is 7. The van der Waals surface area contributed by atoms with E-state index in [9.17, 15) is 5.26 Å². The van der Waals surface area contributed by atoms with Crippen molar-refractivity contribution in [1.82, 2.24) is 4.98 Å². The van der Waals surface area contributed by atoms with Crippen molar-refractivity contribution < 1.29 is 14.2 Å².